The standard InChI is InChI=1S/C29H29N3O2/c1-20-8-7-11-24(19-20)30-14-16-31(17-15-30)27-26(23-9-5-4-6-10-23)28(33)32(29(27)34)25-13-12-21(2)18-22(25)3/h4-13,18-19H,14-17H2,1-3H3. The van der Waals surface area contributed by atoms with Crippen molar-refractivity contribution >= 4 is 28.8 Å². The van der Waals surface area contributed by atoms with E-state index >= 15 is 0 Å². The van der Waals surface area contributed by atoms with E-state index in [0.29, 0.717) is 30.0 Å². The van der Waals surface area contributed by atoms with Crippen LogP contribution in [0.2, 0.25) is 0 Å². The number of hydrogen-bond acceptors (Lipinski definition) is 4. The number of rotatable bonds is 4. The Balaban J connectivity index is 1.50. The zero-order chi connectivity index (χ0) is 23.8. The highest BCUT2D eigenvalue weighted by Crippen LogP contribution is 2.36. The second-order valence-electron chi connectivity index (χ2n) is 9.14. The van der Waals surface area contributed by atoms with E-state index in [1.54, 1.807) is 0 Å². The average Bonchev–Trinajstić information content (AvgIpc) is 3.10. The Morgan fingerprint density at radius 1 is 0.647 bits per heavy atom. The number of imide groups is 1. The zero-order valence-electron chi connectivity index (χ0n) is 19.9. The van der Waals surface area contributed by atoms with Crippen molar-refractivity contribution < 1.29 is 9.59 Å². The van der Waals surface area contributed by atoms with E-state index in [1.807, 2.05) is 62.4 Å². The molecule has 172 valence electrons. The lowest BCUT2D eigenvalue weighted by atomic mass is 10.0. The molecule has 0 bridgehead atoms. The van der Waals surface area contributed by atoms with Gasteiger partial charge in [0.25, 0.3) is 11.8 Å². The van der Waals surface area contributed by atoms with Crippen LogP contribution in [0.25, 0.3) is 5.57 Å². The summed E-state index contributed by atoms with van der Waals surface area (Å²) in [5.41, 5.74) is 6.89. The van der Waals surface area contributed by atoms with Gasteiger partial charge in [0.15, 0.2) is 0 Å². The van der Waals surface area contributed by atoms with Gasteiger partial charge in [0, 0.05) is 31.9 Å². The van der Waals surface area contributed by atoms with Crippen molar-refractivity contribution in [1.82, 2.24) is 4.90 Å². The van der Waals surface area contributed by atoms with Crippen LogP contribution in [-0.2, 0) is 9.59 Å². The molecule has 5 rings (SSSR count). The lowest BCUT2D eigenvalue weighted by Gasteiger charge is -2.37. The highest BCUT2D eigenvalue weighted by molar-refractivity contribution is 6.45. The van der Waals surface area contributed by atoms with Crippen molar-refractivity contribution in [1.29, 1.82) is 0 Å². The SMILES string of the molecule is Cc1cccc(N2CCN(C3=C(c4ccccc4)C(=O)N(c4ccc(C)cc4C)C3=O)CC2)c1. The zero-order valence-corrected chi connectivity index (χ0v) is 19.9. The monoisotopic (exact) mass is 451 g/mol. The molecular weight excluding hydrogens is 422 g/mol. The predicted molar refractivity (Wildman–Crippen MR) is 137 cm³/mol. The van der Waals surface area contributed by atoms with Crippen molar-refractivity contribution in [3.05, 3.63) is 101 Å². The molecule has 3 aromatic carbocycles. The van der Waals surface area contributed by atoms with E-state index in [9.17, 15) is 9.59 Å². The molecule has 0 spiro atoms. The first-order valence-corrected chi connectivity index (χ1v) is 11.8. The second kappa shape index (κ2) is 8.82. The van der Waals surface area contributed by atoms with E-state index in [2.05, 4.69) is 41.0 Å². The number of benzene rings is 3. The van der Waals surface area contributed by atoms with Crippen LogP contribution in [0, 0.1) is 20.8 Å². The lowest BCUT2D eigenvalue weighted by molar-refractivity contribution is -0.120. The summed E-state index contributed by atoms with van der Waals surface area (Å²) in [6.07, 6.45) is 0. The third-order valence-corrected chi connectivity index (χ3v) is 6.68. The molecule has 34 heavy (non-hydrogen) atoms. The molecule has 1 saturated heterocycles. The molecule has 2 heterocycles. The molecule has 1 fully saturated rings. The first-order chi connectivity index (χ1) is 16.4. The van der Waals surface area contributed by atoms with Crippen LogP contribution < -0.4 is 9.80 Å². The summed E-state index contributed by atoms with van der Waals surface area (Å²) >= 11 is 0. The number of piperazine rings is 1. The van der Waals surface area contributed by atoms with Gasteiger partial charge in [0.05, 0.1) is 11.3 Å². The third-order valence-electron chi connectivity index (χ3n) is 6.68. The molecule has 5 nitrogen and oxygen atoms in total. The van der Waals surface area contributed by atoms with Gasteiger partial charge in [-0.2, -0.15) is 0 Å². The van der Waals surface area contributed by atoms with Gasteiger partial charge >= 0.3 is 0 Å². The first-order valence-electron chi connectivity index (χ1n) is 11.8. The molecule has 0 N–H and O–H groups in total. The highest BCUT2D eigenvalue weighted by Gasteiger charge is 2.43. The molecule has 0 aromatic heterocycles. The van der Waals surface area contributed by atoms with Crippen LogP contribution in [0.4, 0.5) is 11.4 Å². The molecule has 0 saturated carbocycles. The Bertz CT molecular complexity index is 1290. The smallest absolute Gasteiger partial charge is 0.282 e. The van der Waals surface area contributed by atoms with Crippen molar-refractivity contribution in [2.45, 2.75) is 20.8 Å². The fourth-order valence-electron chi connectivity index (χ4n) is 4.96. The summed E-state index contributed by atoms with van der Waals surface area (Å²) in [6, 6.07) is 23.9. The summed E-state index contributed by atoms with van der Waals surface area (Å²) in [5, 5.41) is 0. The van der Waals surface area contributed by atoms with Gasteiger partial charge in [0.1, 0.15) is 5.70 Å². The predicted octanol–water partition coefficient (Wildman–Crippen LogP) is 4.72. The second-order valence-corrected chi connectivity index (χ2v) is 9.14. The van der Waals surface area contributed by atoms with Crippen molar-refractivity contribution in [2.75, 3.05) is 36.0 Å². The Morgan fingerprint density at radius 2 is 1.32 bits per heavy atom. The van der Waals surface area contributed by atoms with Gasteiger partial charge < -0.3 is 9.80 Å². The van der Waals surface area contributed by atoms with Gasteiger partial charge in [0.2, 0.25) is 0 Å². The van der Waals surface area contributed by atoms with E-state index in [1.165, 1.54) is 16.2 Å². The number of aryl methyl sites for hydroxylation is 3. The topological polar surface area (TPSA) is 43.9 Å². The molecule has 0 unspecified atom stereocenters. The molecule has 3 aromatic rings. The molecule has 0 radical (unpaired) electrons. The maximum absolute atomic E-state index is 13.8. The van der Waals surface area contributed by atoms with Crippen LogP contribution in [0.15, 0.2) is 78.5 Å². The summed E-state index contributed by atoms with van der Waals surface area (Å²) in [6.45, 7) is 9.00. The number of carbonyl (C=O) groups is 2. The summed E-state index contributed by atoms with van der Waals surface area (Å²) < 4.78 is 0. The van der Waals surface area contributed by atoms with Gasteiger partial charge in [-0.1, -0.05) is 60.2 Å². The first kappa shape index (κ1) is 22.0. The Hall–Kier alpha value is -3.86. The third kappa shape index (κ3) is 3.87. The maximum Gasteiger partial charge on any atom is 0.282 e. The number of amides is 2. The maximum atomic E-state index is 13.8. The van der Waals surface area contributed by atoms with Crippen molar-refractivity contribution in [2.24, 2.45) is 0 Å². The van der Waals surface area contributed by atoms with Crippen molar-refractivity contribution in [3.63, 3.8) is 0 Å². The molecule has 5 heteroatoms. The summed E-state index contributed by atoms with van der Waals surface area (Å²) in [4.78, 5) is 33.4. The van der Waals surface area contributed by atoms with Gasteiger partial charge in [-0.3, -0.25) is 9.59 Å². The van der Waals surface area contributed by atoms with E-state index in [0.717, 1.165) is 29.8 Å². The minimum Gasteiger partial charge on any atom is -0.368 e. The van der Waals surface area contributed by atoms with Crippen LogP contribution >= 0.6 is 0 Å². The number of carbonyl (C=O) groups excluding carboxylic acids is 2. The molecule has 0 atom stereocenters. The largest absolute Gasteiger partial charge is 0.368 e. The van der Waals surface area contributed by atoms with Crippen LogP contribution in [0.5, 0.6) is 0 Å². The number of anilines is 2. The normalized spacial score (nSPS) is 16.6. The number of nitrogens with zero attached hydrogens (tertiary/aromatic N) is 3. The van der Waals surface area contributed by atoms with Gasteiger partial charge in [-0.25, -0.2) is 4.90 Å². The van der Waals surface area contributed by atoms with E-state index in [4.69, 9.17) is 0 Å². The van der Waals surface area contributed by atoms with Crippen LogP contribution in [0.3, 0.4) is 0 Å². The fourth-order valence-corrected chi connectivity index (χ4v) is 4.96. The summed E-state index contributed by atoms with van der Waals surface area (Å²) in [7, 11) is 0. The molecule has 2 aliphatic rings. The average molecular weight is 452 g/mol. The fraction of sp³-hybridized carbons (Fsp3) is 0.241. The van der Waals surface area contributed by atoms with Crippen LogP contribution in [-0.4, -0.2) is 42.9 Å². The quantitative estimate of drug-likeness (QED) is 0.539. The van der Waals surface area contributed by atoms with E-state index < -0.39 is 0 Å². The minimum absolute atomic E-state index is 0.236. The Morgan fingerprint density at radius 3 is 2.00 bits per heavy atom. The number of hydrogen-bond donors (Lipinski definition) is 0. The molecule has 0 aliphatic carbocycles. The highest BCUT2D eigenvalue weighted by atomic mass is 16.2. The van der Waals surface area contributed by atoms with Gasteiger partial charge in [-0.15, -0.1) is 0 Å². The van der Waals surface area contributed by atoms with E-state index in [-0.39, 0.29) is 11.8 Å². The van der Waals surface area contributed by atoms with Crippen LogP contribution in [0.1, 0.15) is 22.3 Å². The van der Waals surface area contributed by atoms with Crippen molar-refractivity contribution in [3.8, 4) is 0 Å². The lowest BCUT2D eigenvalue weighted by Crippen LogP contribution is -2.47. The Kier molecular flexibility index (Phi) is 5.70. The molecular formula is C29H29N3O2. The Labute approximate surface area is 200 Å². The molecule has 2 aliphatic heterocycles. The van der Waals surface area contributed by atoms with Gasteiger partial charge in [-0.05, 0) is 55.7 Å². The summed E-state index contributed by atoms with van der Waals surface area (Å²) in [5.74, 6) is -0.487. The minimum atomic E-state index is -0.251. The molecule has 2 amide bonds.